The summed E-state index contributed by atoms with van der Waals surface area (Å²) in [5.41, 5.74) is 1.23. The predicted molar refractivity (Wildman–Crippen MR) is 68.9 cm³/mol. The van der Waals surface area contributed by atoms with E-state index in [0.717, 1.165) is 13.0 Å². The first-order chi connectivity index (χ1) is 7.83. The third kappa shape index (κ3) is 2.17. The summed E-state index contributed by atoms with van der Waals surface area (Å²) in [4.78, 5) is 2.19. The zero-order chi connectivity index (χ0) is 11.4. The minimum Gasteiger partial charge on any atom is -0.396 e. The highest BCUT2D eigenvalue weighted by molar-refractivity contribution is 5.94. The van der Waals surface area contributed by atoms with Crippen LogP contribution in [-0.2, 0) is 0 Å². The normalized spacial score (nSPS) is 10.6. The van der Waals surface area contributed by atoms with Gasteiger partial charge in [0.1, 0.15) is 0 Å². The van der Waals surface area contributed by atoms with Crippen LogP contribution >= 0.6 is 0 Å². The number of hydrogen-bond donors (Lipinski definition) is 1. The molecule has 0 atom stereocenters. The Hall–Kier alpha value is -1.54. The molecule has 0 spiro atoms. The molecule has 84 valence electrons. The zero-order valence-electron chi connectivity index (χ0n) is 9.56. The van der Waals surface area contributed by atoms with Gasteiger partial charge in [0.25, 0.3) is 0 Å². The molecule has 0 heterocycles. The third-order valence-corrected chi connectivity index (χ3v) is 2.83. The van der Waals surface area contributed by atoms with Gasteiger partial charge in [-0.1, -0.05) is 36.4 Å². The van der Waals surface area contributed by atoms with Gasteiger partial charge >= 0.3 is 0 Å². The first-order valence-electron chi connectivity index (χ1n) is 5.62. The zero-order valence-corrected chi connectivity index (χ0v) is 9.56. The van der Waals surface area contributed by atoms with Gasteiger partial charge in [-0.15, -0.1) is 0 Å². The molecule has 2 aromatic rings. The Morgan fingerprint density at radius 3 is 2.62 bits per heavy atom. The fraction of sp³-hybridized carbons (Fsp3) is 0.286. The van der Waals surface area contributed by atoms with Gasteiger partial charge in [0.15, 0.2) is 0 Å². The molecule has 2 aromatic carbocycles. The van der Waals surface area contributed by atoms with Gasteiger partial charge in [-0.3, -0.25) is 0 Å². The van der Waals surface area contributed by atoms with E-state index >= 15 is 0 Å². The first-order valence-corrected chi connectivity index (χ1v) is 5.62. The van der Waals surface area contributed by atoms with Crippen LogP contribution in [0, 0.1) is 0 Å². The van der Waals surface area contributed by atoms with Crippen LogP contribution in [0.15, 0.2) is 42.5 Å². The average Bonchev–Trinajstić information content (AvgIpc) is 2.35. The van der Waals surface area contributed by atoms with Gasteiger partial charge in [0.2, 0.25) is 0 Å². The van der Waals surface area contributed by atoms with E-state index in [1.54, 1.807) is 0 Å². The van der Waals surface area contributed by atoms with Crippen LogP contribution in [-0.4, -0.2) is 25.3 Å². The van der Waals surface area contributed by atoms with E-state index in [9.17, 15) is 0 Å². The highest BCUT2D eigenvalue weighted by Gasteiger charge is 2.04. The quantitative estimate of drug-likeness (QED) is 0.847. The van der Waals surface area contributed by atoms with E-state index in [0.29, 0.717) is 0 Å². The van der Waals surface area contributed by atoms with Crippen molar-refractivity contribution in [1.82, 2.24) is 0 Å². The fourth-order valence-corrected chi connectivity index (χ4v) is 1.97. The van der Waals surface area contributed by atoms with Gasteiger partial charge in [-0.2, -0.15) is 0 Å². The highest BCUT2D eigenvalue weighted by Crippen LogP contribution is 2.25. The Morgan fingerprint density at radius 1 is 1.06 bits per heavy atom. The smallest absolute Gasteiger partial charge is 0.0447 e. The van der Waals surface area contributed by atoms with Gasteiger partial charge < -0.3 is 10.0 Å². The van der Waals surface area contributed by atoms with Crippen molar-refractivity contribution in [3.8, 4) is 0 Å². The van der Waals surface area contributed by atoms with Crippen LogP contribution in [0.25, 0.3) is 10.8 Å². The van der Waals surface area contributed by atoms with Crippen LogP contribution in [0.4, 0.5) is 5.69 Å². The maximum Gasteiger partial charge on any atom is 0.0447 e. The number of rotatable bonds is 4. The lowest BCUT2D eigenvalue weighted by molar-refractivity contribution is 0.290. The van der Waals surface area contributed by atoms with Crippen molar-refractivity contribution >= 4 is 16.5 Å². The summed E-state index contributed by atoms with van der Waals surface area (Å²) >= 11 is 0. The van der Waals surface area contributed by atoms with Gasteiger partial charge in [-0.05, 0) is 17.9 Å². The van der Waals surface area contributed by atoms with Gasteiger partial charge in [-0.25, -0.2) is 0 Å². The second-order valence-corrected chi connectivity index (χ2v) is 4.00. The second kappa shape index (κ2) is 4.99. The minimum absolute atomic E-state index is 0.245. The first kappa shape index (κ1) is 11.0. The fourth-order valence-electron chi connectivity index (χ4n) is 1.97. The predicted octanol–water partition coefficient (Wildman–Crippen LogP) is 2.66. The lowest BCUT2D eigenvalue weighted by atomic mass is 10.1. The molecule has 2 rings (SSSR count). The monoisotopic (exact) mass is 215 g/mol. The Labute approximate surface area is 96.1 Å². The van der Waals surface area contributed by atoms with Crippen molar-refractivity contribution in [2.45, 2.75) is 6.42 Å². The topological polar surface area (TPSA) is 23.5 Å². The molecule has 0 aromatic heterocycles. The lowest BCUT2D eigenvalue weighted by Gasteiger charge is -2.20. The molecule has 0 unspecified atom stereocenters. The summed E-state index contributed by atoms with van der Waals surface area (Å²) < 4.78 is 0. The maximum atomic E-state index is 8.85. The molecule has 2 nitrogen and oxygen atoms in total. The molecule has 0 bridgehead atoms. The summed E-state index contributed by atoms with van der Waals surface area (Å²) in [6.07, 6.45) is 0.805. The minimum atomic E-state index is 0.245. The lowest BCUT2D eigenvalue weighted by Crippen LogP contribution is -2.19. The maximum absolute atomic E-state index is 8.85. The van der Waals surface area contributed by atoms with Crippen molar-refractivity contribution in [1.29, 1.82) is 0 Å². The average molecular weight is 215 g/mol. The standard InChI is InChI=1S/C14H17NO/c1-15(10-5-11-16)14-9-4-7-12-6-2-3-8-13(12)14/h2-4,6-9,16H,5,10-11H2,1H3. The number of hydrogen-bond acceptors (Lipinski definition) is 2. The summed E-state index contributed by atoms with van der Waals surface area (Å²) in [5, 5.41) is 11.4. The summed E-state index contributed by atoms with van der Waals surface area (Å²) in [7, 11) is 2.07. The molecule has 0 saturated heterocycles. The number of anilines is 1. The molecule has 0 fully saturated rings. The van der Waals surface area contributed by atoms with Gasteiger partial charge in [0.05, 0.1) is 0 Å². The van der Waals surface area contributed by atoms with Crippen LogP contribution < -0.4 is 4.90 Å². The van der Waals surface area contributed by atoms with Crippen molar-refractivity contribution < 1.29 is 5.11 Å². The second-order valence-electron chi connectivity index (χ2n) is 4.00. The van der Waals surface area contributed by atoms with Crippen molar-refractivity contribution in [2.75, 3.05) is 25.1 Å². The highest BCUT2D eigenvalue weighted by atomic mass is 16.3. The molecule has 0 aliphatic carbocycles. The number of nitrogens with zero attached hydrogens (tertiary/aromatic N) is 1. The van der Waals surface area contributed by atoms with Crippen LogP contribution in [0.2, 0.25) is 0 Å². The van der Waals surface area contributed by atoms with Crippen molar-refractivity contribution in [3.05, 3.63) is 42.5 Å². The Balaban J connectivity index is 2.36. The summed E-state index contributed by atoms with van der Waals surface area (Å²) in [5.74, 6) is 0. The molecule has 1 N–H and O–H groups in total. The number of benzene rings is 2. The van der Waals surface area contributed by atoms with Crippen molar-refractivity contribution in [2.24, 2.45) is 0 Å². The molecule has 0 radical (unpaired) electrons. The van der Waals surface area contributed by atoms with Crippen LogP contribution in [0.1, 0.15) is 6.42 Å². The molecule has 0 aliphatic rings. The van der Waals surface area contributed by atoms with Crippen LogP contribution in [0.3, 0.4) is 0 Å². The molecule has 2 heteroatoms. The van der Waals surface area contributed by atoms with E-state index in [1.165, 1.54) is 16.5 Å². The third-order valence-electron chi connectivity index (χ3n) is 2.83. The van der Waals surface area contributed by atoms with Crippen molar-refractivity contribution in [3.63, 3.8) is 0 Å². The molecule has 0 aliphatic heterocycles. The number of aliphatic hydroxyl groups is 1. The van der Waals surface area contributed by atoms with Crippen LogP contribution in [0.5, 0.6) is 0 Å². The van der Waals surface area contributed by atoms with E-state index in [-0.39, 0.29) is 6.61 Å². The van der Waals surface area contributed by atoms with E-state index in [1.807, 2.05) is 0 Å². The largest absolute Gasteiger partial charge is 0.396 e. The Kier molecular flexibility index (Phi) is 3.42. The summed E-state index contributed by atoms with van der Waals surface area (Å²) in [6, 6.07) is 14.7. The number of fused-ring (bicyclic) bond motifs is 1. The molecule has 16 heavy (non-hydrogen) atoms. The Bertz CT molecular complexity index is 462. The van der Waals surface area contributed by atoms with E-state index in [2.05, 4.69) is 54.4 Å². The molecule has 0 amide bonds. The van der Waals surface area contributed by atoms with E-state index in [4.69, 9.17) is 5.11 Å². The molecular formula is C14H17NO. The Morgan fingerprint density at radius 2 is 1.81 bits per heavy atom. The SMILES string of the molecule is CN(CCCO)c1cccc2ccccc12. The number of aliphatic hydroxyl groups excluding tert-OH is 1. The molecular weight excluding hydrogens is 198 g/mol. The molecule has 0 saturated carbocycles. The van der Waals surface area contributed by atoms with E-state index < -0.39 is 0 Å². The van der Waals surface area contributed by atoms with Gasteiger partial charge in [0, 0.05) is 31.3 Å². The summed E-state index contributed by atoms with van der Waals surface area (Å²) in [6.45, 7) is 1.12.